The molecule has 17 heavy (non-hydrogen) atoms. The molecule has 0 aromatic heterocycles. The number of hydrazone groups is 1. The maximum absolute atomic E-state index is 11.0. The second-order valence-corrected chi connectivity index (χ2v) is 4.00. The molecule has 0 aliphatic heterocycles. The Morgan fingerprint density at radius 3 is 2.76 bits per heavy atom. The van der Waals surface area contributed by atoms with Crippen molar-refractivity contribution in [2.45, 2.75) is 13.8 Å². The quantitative estimate of drug-likeness (QED) is 0.678. The van der Waals surface area contributed by atoms with Crippen LogP contribution in [0, 0.1) is 0 Å². The highest BCUT2D eigenvalue weighted by Crippen LogP contribution is 2.21. The Balaban J connectivity index is 2.78. The molecule has 0 aliphatic rings. The lowest BCUT2D eigenvalue weighted by Gasteiger charge is -2.05. The summed E-state index contributed by atoms with van der Waals surface area (Å²) in [7, 11) is 0. The van der Waals surface area contributed by atoms with Crippen LogP contribution in [0.1, 0.15) is 19.4 Å². The van der Waals surface area contributed by atoms with E-state index >= 15 is 0 Å². The van der Waals surface area contributed by atoms with Gasteiger partial charge in [-0.3, -0.25) is 0 Å². The number of nitrogens with one attached hydrogen (secondary N) is 1. The van der Waals surface area contributed by atoms with E-state index in [1.54, 1.807) is 32.0 Å². The Morgan fingerprint density at radius 1 is 1.47 bits per heavy atom. The molecular weight excluding hydrogens is 263 g/mol. The number of ether oxygens (including phenoxy) is 1. The van der Waals surface area contributed by atoms with Gasteiger partial charge in [-0.25, -0.2) is 10.2 Å². The van der Waals surface area contributed by atoms with Gasteiger partial charge in [-0.2, -0.15) is 5.10 Å². The van der Waals surface area contributed by atoms with Gasteiger partial charge in [0.15, 0.2) is 0 Å². The zero-order valence-corrected chi connectivity index (χ0v) is 11.0. The van der Waals surface area contributed by atoms with Crippen molar-refractivity contribution < 1.29 is 9.53 Å². The monoisotopic (exact) mass is 274 g/mol. The van der Waals surface area contributed by atoms with Crippen LogP contribution >= 0.6 is 23.2 Å². The van der Waals surface area contributed by atoms with E-state index in [2.05, 4.69) is 15.3 Å². The Kier molecular flexibility index (Phi) is 5.25. The number of benzene rings is 1. The molecule has 0 aliphatic carbocycles. The van der Waals surface area contributed by atoms with Crippen molar-refractivity contribution in [2.75, 3.05) is 6.61 Å². The number of carbonyl (C=O) groups is 1. The van der Waals surface area contributed by atoms with Crippen molar-refractivity contribution in [1.82, 2.24) is 5.43 Å². The largest absolute Gasteiger partial charge is 0.449 e. The SMILES string of the molecule is CCOC(=O)NN=C(C)c1ccc(Cl)cc1Cl. The van der Waals surface area contributed by atoms with Gasteiger partial charge in [0.25, 0.3) is 0 Å². The van der Waals surface area contributed by atoms with E-state index in [0.717, 1.165) is 0 Å². The summed E-state index contributed by atoms with van der Waals surface area (Å²) >= 11 is 11.8. The Labute approximate surface area is 110 Å². The third-order valence-electron chi connectivity index (χ3n) is 1.91. The van der Waals surface area contributed by atoms with Crippen LogP contribution in [0.4, 0.5) is 4.79 Å². The molecular formula is C11H12Cl2N2O2. The molecule has 1 aromatic carbocycles. The molecule has 0 spiro atoms. The molecule has 0 unspecified atom stereocenters. The predicted octanol–water partition coefficient (Wildman–Crippen LogP) is 3.46. The molecule has 0 radical (unpaired) electrons. The van der Waals surface area contributed by atoms with Crippen LogP contribution in [0.5, 0.6) is 0 Å². The summed E-state index contributed by atoms with van der Waals surface area (Å²) in [6.07, 6.45) is -0.600. The van der Waals surface area contributed by atoms with E-state index < -0.39 is 6.09 Å². The van der Waals surface area contributed by atoms with Gasteiger partial charge in [-0.1, -0.05) is 29.3 Å². The number of hydrogen-bond donors (Lipinski definition) is 1. The molecule has 0 heterocycles. The zero-order chi connectivity index (χ0) is 12.8. The number of rotatable bonds is 3. The van der Waals surface area contributed by atoms with Crippen LogP contribution in [0.25, 0.3) is 0 Å². The van der Waals surface area contributed by atoms with Crippen LogP contribution in [0.2, 0.25) is 10.0 Å². The second kappa shape index (κ2) is 6.47. The molecule has 1 rings (SSSR count). The lowest BCUT2D eigenvalue weighted by atomic mass is 10.1. The number of halogens is 2. The lowest BCUT2D eigenvalue weighted by Crippen LogP contribution is -2.20. The summed E-state index contributed by atoms with van der Waals surface area (Å²) < 4.78 is 4.67. The third kappa shape index (κ3) is 4.24. The van der Waals surface area contributed by atoms with Gasteiger partial charge in [0.05, 0.1) is 17.3 Å². The van der Waals surface area contributed by atoms with Gasteiger partial charge in [0.2, 0.25) is 0 Å². The molecule has 0 saturated heterocycles. The fourth-order valence-electron chi connectivity index (χ4n) is 1.14. The van der Waals surface area contributed by atoms with Crippen LogP contribution in [0.15, 0.2) is 23.3 Å². The van der Waals surface area contributed by atoms with Crippen LogP contribution in [-0.2, 0) is 4.74 Å². The minimum Gasteiger partial charge on any atom is -0.449 e. The average Bonchev–Trinajstić information content (AvgIpc) is 2.26. The normalized spacial score (nSPS) is 11.2. The molecule has 92 valence electrons. The van der Waals surface area contributed by atoms with Crippen molar-refractivity contribution in [3.05, 3.63) is 33.8 Å². The number of nitrogens with zero attached hydrogens (tertiary/aromatic N) is 1. The molecule has 1 aromatic rings. The van der Waals surface area contributed by atoms with E-state index in [4.69, 9.17) is 23.2 Å². The van der Waals surface area contributed by atoms with Gasteiger partial charge in [-0.15, -0.1) is 0 Å². The summed E-state index contributed by atoms with van der Waals surface area (Å²) in [5.74, 6) is 0. The van der Waals surface area contributed by atoms with Crippen molar-refractivity contribution in [1.29, 1.82) is 0 Å². The molecule has 0 saturated carbocycles. The minimum absolute atomic E-state index is 0.294. The molecule has 4 nitrogen and oxygen atoms in total. The van der Waals surface area contributed by atoms with Crippen LogP contribution in [0.3, 0.4) is 0 Å². The summed E-state index contributed by atoms with van der Waals surface area (Å²) in [6.45, 7) is 3.73. The topological polar surface area (TPSA) is 50.7 Å². The predicted molar refractivity (Wildman–Crippen MR) is 68.8 cm³/mol. The van der Waals surface area contributed by atoms with Crippen molar-refractivity contribution in [2.24, 2.45) is 5.10 Å². The minimum atomic E-state index is -0.600. The lowest BCUT2D eigenvalue weighted by molar-refractivity contribution is 0.152. The summed E-state index contributed by atoms with van der Waals surface area (Å²) in [4.78, 5) is 11.0. The van der Waals surface area contributed by atoms with Crippen LogP contribution in [-0.4, -0.2) is 18.4 Å². The maximum Gasteiger partial charge on any atom is 0.427 e. The number of carbonyl (C=O) groups excluding carboxylic acids is 1. The maximum atomic E-state index is 11.0. The standard InChI is InChI=1S/C11H12Cl2N2O2/c1-3-17-11(16)15-14-7(2)9-5-4-8(12)6-10(9)13/h4-6H,3H2,1-2H3,(H,15,16). The third-order valence-corrected chi connectivity index (χ3v) is 2.46. The van der Waals surface area contributed by atoms with E-state index in [9.17, 15) is 4.79 Å². The first kappa shape index (κ1) is 13.8. The number of hydrogen-bond acceptors (Lipinski definition) is 3. The van der Waals surface area contributed by atoms with Gasteiger partial charge in [-0.05, 0) is 26.0 Å². The molecule has 6 heteroatoms. The fourth-order valence-corrected chi connectivity index (χ4v) is 1.68. The van der Waals surface area contributed by atoms with Gasteiger partial charge < -0.3 is 4.74 Å². The Morgan fingerprint density at radius 2 is 2.18 bits per heavy atom. The van der Waals surface area contributed by atoms with Gasteiger partial charge in [0.1, 0.15) is 0 Å². The Hall–Kier alpha value is -1.26. The van der Waals surface area contributed by atoms with Gasteiger partial charge >= 0.3 is 6.09 Å². The average molecular weight is 275 g/mol. The van der Waals surface area contributed by atoms with Crippen LogP contribution < -0.4 is 5.43 Å². The highest BCUT2D eigenvalue weighted by atomic mass is 35.5. The highest BCUT2D eigenvalue weighted by molar-refractivity contribution is 6.37. The first-order chi connectivity index (χ1) is 8.04. The summed E-state index contributed by atoms with van der Waals surface area (Å²) in [5.41, 5.74) is 3.53. The van der Waals surface area contributed by atoms with E-state index in [-0.39, 0.29) is 0 Å². The highest BCUT2D eigenvalue weighted by Gasteiger charge is 2.05. The number of amides is 1. The Bertz CT molecular complexity index is 447. The smallest absolute Gasteiger partial charge is 0.427 e. The first-order valence-electron chi connectivity index (χ1n) is 4.97. The van der Waals surface area contributed by atoms with E-state index in [0.29, 0.717) is 27.9 Å². The molecule has 1 N–H and O–H groups in total. The van der Waals surface area contributed by atoms with Crippen molar-refractivity contribution in [3.63, 3.8) is 0 Å². The van der Waals surface area contributed by atoms with Crippen molar-refractivity contribution >= 4 is 35.0 Å². The molecule has 0 fully saturated rings. The molecule has 1 amide bonds. The summed E-state index contributed by atoms with van der Waals surface area (Å²) in [5, 5.41) is 4.89. The van der Waals surface area contributed by atoms with E-state index in [1.807, 2.05) is 0 Å². The zero-order valence-electron chi connectivity index (χ0n) is 9.46. The fraction of sp³-hybridized carbons (Fsp3) is 0.273. The first-order valence-corrected chi connectivity index (χ1v) is 5.72. The van der Waals surface area contributed by atoms with E-state index in [1.165, 1.54) is 0 Å². The second-order valence-electron chi connectivity index (χ2n) is 3.15. The molecule has 0 atom stereocenters. The molecule has 0 bridgehead atoms. The summed E-state index contributed by atoms with van der Waals surface area (Å²) in [6, 6.07) is 5.05. The van der Waals surface area contributed by atoms with Crippen molar-refractivity contribution in [3.8, 4) is 0 Å². The van der Waals surface area contributed by atoms with Gasteiger partial charge in [0, 0.05) is 10.6 Å².